The van der Waals surface area contributed by atoms with Crippen molar-refractivity contribution in [3.63, 3.8) is 0 Å². The van der Waals surface area contributed by atoms with Gasteiger partial charge in [-0.3, -0.25) is 0 Å². The van der Waals surface area contributed by atoms with E-state index in [1.807, 2.05) is 18.2 Å². The zero-order valence-electron chi connectivity index (χ0n) is 11.7. The topological polar surface area (TPSA) is 67.8 Å². The fourth-order valence-corrected chi connectivity index (χ4v) is 3.18. The molecule has 2 unspecified atom stereocenters. The highest BCUT2D eigenvalue weighted by atomic mass is 79.9. The Labute approximate surface area is 128 Å². The van der Waals surface area contributed by atoms with Crippen molar-refractivity contribution in [1.29, 1.82) is 0 Å². The molecular weight excluding hydrogens is 320 g/mol. The molecule has 0 amide bonds. The molecule has 0 spiro atoms. The molecule has 1 aromatic rings. The lowest BCUT2D eigenvalue weighted by atomic mass is 9.84. The van der Waals surface area contributed by atoms with E-state index in [9.17, 15) is 0 Å². The van der Waals surface area contributed by atoms with Crippen molar-refractivity contribution < 1.29 is 9.94 Å². The minimum atomic E-state index is 0.0742. The number of rotatable bonds is 4. The third-order valence-corrected chi connectivity index (χ3v) is 4.46. The molecule has 5 heteroatoms. The average Bonchev–Trinajstić information content (AvgIpc) is 2.48. The van der Waals surface area contributed by atoms with Gasteiger partial charge in [0, 0.05) is 4.47 Å². The quantitative estimate of drug-likeness (QED) is 0.378. The van der Waals surface area contributed by atoms with Crippen LogP contribution >= 0.6 is 15.9 Å². The first-order valence-electron chi connectivity index (χ1n) is 7.09. The third kappa shape index (κ3) is 3.45. The summed E-state index contributed by atoms with van der Waals surface area (Å²) in [6, 6.07) is 5.60. The first-order chi connectivity index (χ1) is 9.65. The maximum atomic E-state index is 8.90. The number of ether oxygens (including phenoxy) is 1. The molecule has 1 aliphatic rings. The van der Waals surface area contributed by atoms with Gasteiger partial charge in [0.2, 0.25) is 0 Å². The van der Waals surface area contributed by atoms with E-state index in [1.165, 1.54) is 19.3 Å². The number of oxime groups is 1. The number of amidine groups is 1. The lowest BCUT2D eigenvalue weighted by Gasteiger charge is -2.31. The molecule has 3 N–H and O–H groups in total. The Morgan fingerprint density at radius 2 is 2.20 bits per heavy atom. The maximum absolute atomic E-state index is 8.90. The molecule has 0 radical (unpaired) electrons. The van der Waals surface area contributed by atoms with Gasteiger partial charge in [-0.1, -0.05) is 34.4 Å². The van der Waals surface area contributed by atoms with Gasteiger partial charge in [0.25, 0.3) is 0 Å². The van der Waals surface area contributed by atoms with Crippen molar-refractivity contribution in [1.82, 2.24) is 0 Å². The van der Waals surface area contributed by atoms with Gasteiger partial charge in [0.15, 0.2) is 5.84 Å². The summed E-state index contributed by atoms with van der Waals surface area (Å²) >= 11 is 3.40. The lowest BCUT2D eigenvalue weighted by molar-refractivity contribution is 0.0901. The molecule has 2 atom stereocenters. The normalized spacial score (nSPS) is 23.6. The summed E-state index contributed by atoms with van der Waals surface area (Å²) in [5.74, 6) is 1.35. The van der Waals surface area contributed by atoms with Crippen LogP contribution in [0.1, 0.15) is 44.6 Å². The molecule has 4 nitrogen and oxygen atoms in total. The van der Waals surface area contributed by atoms with Crippen LogP contribution in [-0.4, -0.2) is 17.1 Å². The van der Waals surface area contributed by atoms with Crippen LogP contribution in [0.5, 0.6) is 5.75 Å². The first kappa shape index (κ1) is 15.2. The molecule has 2 rings (SSSR count). The zero-order valence-corrected chi connectivity index (χ0v) is 13.3. The Morgan fingerprint density at radius 1 is 1.45 bits per heavy atom. The molecule has 1 aromatic carbocycles. The average molecular weight is 341 g/mol. The minimum Gasteiger partial charge on any atom is -0.489 e. The van der Waals surface area contributed by atoms with Gasteiger partial charge in [-0.2, -0.15) is 0 Å². The summed E-state index contributed by atoms with van der Waals surface area (Å²) in [5.41, 5.74) is 6.36. The van der Waals surface area contributed by atoms with Crippen molar-refractivity contribution in [3.8, 4) is 5.75 Å². The number of nitrogens with two attached hydrogens (primary N) is 1. The maximum Gasteiger partial charge on any atom is 0.173 e. The van der Waals surface area contributed by atoms with Crippen LogP contribution in [0.4, 0.5) is 0 Å². The monoisotopic (exact) mass is 340 g/mol. The van der Waals surface area contributed by atoms with Crippen molar-refractivity contribution in [2.75, 3.05) is 0 Å². The number of nitrogens with zero attached hydrogens (tertiary/aromatic N) is 1. The highest BCUT2D eigenvalue weighted by Crippen LogP contribution is 2.32. The molecule has 110 valence electrons. The molecule has 1 saturated carbocycles. The Hall–Kier alpha value is -1.23. The smallest absolute Gasteiger partial charge is 0.173 e. The molecule has 20 heavy (non-hydrogen) atoms. The zero-order chi connectivity index (χ0) is 14.5. The fraction of sp³-hybridized carbons (Fsp3) is 0.533. The second-order valence-corrected chi connectivity index (χ2v) is 6.15. The van der Waals surface area contributed by atoms with Crippen molar-refractivity contribution >= 4 is 21.8 Å². The van der Waals surface area contributed by atoms with Crippen LogP contribution in [0.3, 0.4) is 0 Å². The van der Waals surface area contributed by atoms with Gasteiger partial charge in [-0.05, 0) is 49.8 Å². The number of hydrogen-bond donors (Lipinski definition) is 2. The van der Waals surface area contributed by atoms with E-state index < -0.39 is 0 Å². The van der Waals surface area contributed by atoms with Crippen LogP contribution in [-0.2, 0) is 0 Å². The van der Waals surface area contributed by atoms with Crippen molar-refractivity contribution in [3.05, 3.63) is 28.2 Å². The third-order valence-electron chi connectivity index (χ3n) is 3.97. The van der Waals surface area contributed by atoms with E-state index in [0.717, 1.165) is 17.3 Å². The van der Waals surface area contributed by atoms with Crippen LogP contribution in [0, 0.1) is 5.92 Å². The Balaban J connectivity index is 2.24. The van der Waals surface area contributed by atoms with Gasteiger partial charge in [-0.25, -0.2) is 0 Å². The summed E-state index contributed by atoms with van der Waals surface area (Å²) in [5, 5.41) is 12.0. The van der Waals surface area contributed by atoms with Gasteiger partial charge in [0.05, 0.1) is 5.56 Å². The number of hydrogen-bond acceptors (Lipinski definition) is 3. The summed E-state index contributed by atoms with van der Waals surface area (Å²) in [6.07, 6.45) is 6.13. The first-order valence-corrected chi connectivity index (χ1v) is 7.89. The summed E-state index contributed by atoms with van der Waals surface area (Å²) in [4.78, 5) is 0. The molecule has 0 saturated heterocycles. The number of halogens is 1. The summed E-state index contributed by atoms with van der Waals surface area (Å²) in [6.45, 7) is 2.21. The highest BCUT2D eigenvalue weighted by molar-refractivity contribution is 9.10. The van der Waals surface area contributed by atoms with E-state index in [0.29, 0.717) is 17.2 Å². The molecule has 1 fully saturated rings. The Kier molecular flexibility index (Phi) is 5.29. The van der Waals surface area contributed by atoms with E-state index in [2.05, 4.69) is 28.0 Å². The molecule has 0 heterocycles. The SMILES string of the molecule is CCC1CCCCC1Oc1ccc(Br)cc1/C(N)=N/O. The Bertz CT molecular complexity index is 491. The number of benzene rings is 1. The van der Waals surface area contributed by atoms with Crippen LogP contribution in [0.15, 0.2) is 27.8 Å². The second-order valence-electron chi connectivity index (χ2n) is 5.23. The molecule has 0 aromatic heterocycles. The highest BCUT2D eigenvalue weighted by Gasteiger charge is 2.26. The molecule has 1 aliphatic carbocycles. The molecular formula is C15H21BrN2O2. The predicted molar refractivity (Wildman–Crippen MR) is 83.3 cm³/mol. The lowest BCUT2D eigenvalue weighted by Crippen LogP contribution is -2.30. The van der Waals surface area contributed by atoms with Gasteiger partial charge >= 0.3 is 0 Å². The van der Waals surface area contributed by atoms with Gasteiger partial charge in [0.1, 0.15) is 11.9 Å². The minimum absolute atomic E-state index is 0.0742. The van der Waals surface area contributed by atoms with Gasteiger partial charge in [-0.15, -0.1) is 0 Å². The van der Waals surface area contributed by atoms with Gasteiger partial charge < -0.3 is 15.7 Å². The fourth-order valence-electron chi connectivity index (χ4n) is 2.82. The van der Waals surface area contributed by atoms with E-state index in [-0.39, 0.29) is 11.9 Å². The van der Waals surface area contributed by atoms with Crippen molar-refractivity contribution in [2.45, 2.75) is 45.1 Å². The largest absolute Gasteiger partial charge is 0.489 e. The predicted octanol–water partition coefficient (Wildman–Crippen LogP) is 3.89. The molecule has 0 bridgehead atoms. The van der Waals surface area contributed by atoms with E-state index in [4.69, 9.17) is 15.7 Å². The standard InChI is InChI=1S/C15H21BrN2O2/c1-2-10-5-3-4-6-13(10)20-14-8-7-11(16)9-12(14)15(17)18-19/h7-10,13,19H,2-6H2,1H3,(H2,17,18). The van der Waals surface area contributed by atoms with E-state index >= 15 is 0 Å². The van der Waals surface area contributed by atoms with Crippen LogP contribution in [0.2, 0.25) is 0 Å². The summed E-state index contributed by atoms with van der Waals surface area (Å²) in [7, 11) is 0. The second kappa shape index (κ2) is 6.97. The van der Waals surface area contributed by atoms with E-state index in [1.54, 1.807) is 0 Å². The van der Waals surface area contributed by atoms with Crippen LogP contribution in [0.25, 0.3) is 0 Å². The Morgan fingerprint density at radius 3 is 2.90 bits per heavy atom. The molecule has 0 aliphatic heterocycles. The van der Waals surface area contributed by atoms with Crippen LogP contribution < -0.4 is 10.5 Å². The summed E-state index contributed by atoms with van der Waals surface area (Å²) < 4.78 is 7.05. The van der Waals surface area contributed by atoms with Crippen molar-refractivity contribution in [2.24, 2.45) is 16.8 Å².